The van der Waals surface area contributed by atoms with Gasteiger partial charge < -0.3 is 14.6 Å². The van der Waals surface area contributed by atoms with E-state index in [9.17, 15) is 13.2 Å². The van der Waals surface area contributed by atoms with E-state index in [-0.39, 0.29) is 10.5 Å². The number of methoxy groups -OCH3 is 2. The van der Waals surface area contributed by atoms with Crippen LogP contribution in [0.3, 0.4) is 0 Å². The molecule has 0 amide bonds. The SMILES string of the molecule is COc1ccc(S(=O)(=O)N(C)c2ccc(C(=O)O)cc2)cc1OC. The van der Waals surface area contributed by atoms with Crippen molar-refractivity contribution in [2.45, 2.75) is 4.90 Å². The molecule has 7 nitrogen and oxygen atoms in total. The van der Waals surface area contributed by atoms with Crippen molar-refractivity contribution in [2.24, 2.45) is 0 Å². The number of hydrogen-bond acceptors (Lipinski definition) is 5. The van der Waals surface area contributed by atoms with Gasteiger partial charge in [-0.15, -0.1) is 0 Å². The standard InChI is InChI=1S/C16H17NO6S/c1-17(12-6-4-11(5-7-12)16(18)19)24(20,21)13-8-9-14(22-2)15(10-13)23-3/h4-10H,1-3H3,(H,18,19). The number of rotatable bonds is 6. The van der Waals surface area contributed by atoms with E-state index in [2.05, 4.69) is 0 Å². The Kier molecular flexibility index (Phi) is 4.99. The number of ether oxygens (including phenoxy) is 2. The van der Waals surface area contributed by atoms with Crippen LogP contribution in [0, 0.1) is 0 Å². The summed E-state index contributed by atoms with van der Waals surface area (Å²) in [5.41, 5.74) is 0.422. The fourth-order valence-corrected chi connectivity index (χ4v) is 3.30. The van der Waals surface area contributed by atoms with Crippen molar-refractivity contribution in [2.75, 3.05) is 25.6 Å². The third-order valence-corrected chi connectivity index (χ3v) is 5.27. The van der Waals surface area contributed by atoms with E-state index in [0.29, 0.717) is 17.2 Å². The molecule has 2 aromatic rings. The van der Waals surface area contributed by atoms with Crippen LogP contribution in [0.1, 0.15) is 10.4 Å². The molecule has 0 bridgehead atoms. The molecule has 128 valence electrons. The van der Waals surface area contributed by atoms with E-state index < -0.39 is 16.0 Å². The molecular formula is C16H17NO6S. The molecule has 0 aliphatic carbocycles. The summed E-state index contributed by atoms with van der Waals surface area (Å²) in [7, 11) is 0.438. The third kappa shape index (κ3) is 3.28. The second-order valence-electron chi connectivity index (χ2n) is 4.84. The van der Waals surface area contributed by atoms with Crippen molar-refractivity contribution in [3.8, 4) is 11.5 Å². The number of sulfonamides is 1. The molecule has 2 aromatic carbocycles. The maximum Gasteiger partial charge on any atom is 0.335 e. The number of nitrogens with zero attached hydrogens (tertiary/aromatic N) is 1. The van der Waals surface area contributed by atoms with Crippen LogP contribution in [0.15, 0.2) is 47.4 Å². The van der Waals surface area contributed by atoms with Gasteiger partial charge in [-0.2, -0.15) is 0 Å². The Bertz CT molecular complexity index is 845. The van der Waals surface area contributed by atoms with E-state index in [1.165, 1.54) is 63.7 Å². The Hall–Kier alpha value is -2.74. The predicted octanol–water partition coefficient (Wildman–Crippen LogP) is 2.23. The third-order valence-electron chi connectivity index (χ3n) is 3.49. The summed E-state index contributed by atoms with van der Waals surface area (Å²) in [6.07, 6.45) is 0. The molecule has 0 spiro atoms. The first-order chi connectivity index (χ1) is 11.3. The van der Waals surface area contributed by atoms with Crippen LogP contribution in [-0.4, -0.2) is 40.8 Å². The Morgan fingerprint density at radius 2 is 1.58 bits per heavy atom. The smallest absolute Gasteiger partial charge is 0.335 e. The summed E-state index contributed by atoms with van der Waals surface area (Å²) in [5.74, 6) is -0.356. The lowest BCUT2D eigenvalue weighted by molar-refractivity contribution is 0.0697. The van der Waals surface area contributed by atoms with E-state index >= 15 is 0 Å². The quantitative estimate of drug-likeness (QED) is 0.858. The average Bonchev–Trinajstić information content (AvgIpc) is 2.60. The van der Waals surface area contributed by atoms with E-state index in [0.717, 1.165) is 4.31 Å². The summed E-state index contributed by atoms with van der Waals surface area (Å²) >= 11 is 0. The molecule has 2 rings (SSSR count). The summed E-state index contributed by atoms with van der Waals surface area (Å²) < 4.78 is 36.8. The largest absolute Gasteiger partial charge is 0.493 e. The fourth-order valence-electron chi connectivity index (χ4n) is 2.09. The van der Waals surface area contributed by atoms with Crippen molar-refractivity contribution in [3.63, 3.8) is 0 Å². The van der Waals surface area contributed by atoms with Crippen molar-refractivity contribution in [1.82, 2.24) is 0 Å². The van der Waals surface area contributed by atoms with Crippen LogP contribution >= 0.6 is 0 Å². The lowest BCUT2D eigenvalue weighted by atomic mass is 10.2. The highest BCUT2D eigenvalue weighted by Gasteiger charge is 2.23. The van der Waals surface area contributed by atoms with Crippen molar-refractivity contribution in [3.05, 3.63) is 48.0 Å². The molecule has 0 saturated carbocycles. The summed E-state index contributed by atoms with van der Waals surface area (Å²) in [4.78, 5) is 10.9. The molecule has 0 heterocycles. The molecule has 0 saturated heterocycles. The van der Waals surface area contributed by atoms with Crippen LogP contribution in [0.4, 0.5) is 5.69 Å². The van der Waals surface area contributed by atoms with Gasteiger partial charge in [0.2, 0.25) is 0 Å². The van der Waals surface area contributed by atoms with E-state index in [4.69, 9.17) is 14.6 Å². The summed E-state index contributed by atoms with van der Waals surface area (Å²) in [6, 6.07) is 9.85. The van der Waals surface area contributed by atoms with Gasteiger partial charge in [-0.1, -0.05) is 0 Å². The van der Waals surface area contributed by atoms with Crippen molar-refractivity contribution in [1.29, 1.82) is 0 Å². The number of aromatic carboxylic acids is 1. The van der Waals surface area contributed by atoms with Crippen LogP contribution < -0.4 is 13.8 Å². The first-order valence-corrected chi connectivity index (χ1v) is 8.29. The van der Waals surface area contributed by atoms with Crippen LogP contribution in [-0.2, 0) is 10.0 Å². The Balaban J connectivity index is 2.40. The highest BCUT2D eigenvalue weighted by molar-refractivity contribution is 7.92. The number of hydrogen-bond donors (Lipinski definition) is 1. The molecule has 0 radical (unpaired) electrons. The number of benzene rings is 2. The minimum atomic E-state index is -3.83. The molecule has 0 aliphatic heterocycles. The zero-order valence-corrected chi connectivity index (χ0v) is 14.2. The zero-order chi connectivity index (χ0) is 17.9. The summed E-state index contributed by atoms with van der Waals surface area (Å²) in [5, 5.41) is 8.90. The second-order valence-corrected chi connectivity index (χ2v) is 6.81. The van der Waals surface area contributed by atoms with Gasteiger partial charge in [-0.25, -0.2) is 13.2 Å². The lowest BCUT2D eigenvalue weighted by Gasteiger charge is -2.20. The van der Waals surface area contributed by atoms with Gasteiger partial charge in [-0.3, -0.25) is 4.31 Å². The monoisotopic (exact) mass is 351 g/mol. The van der Waals surface area contributed by atoms with Gasteiger partial charge in [0.25, 0.3) is 10.0 Å². The first kappa shape index (κ1) is 17.6. The van der Waals surface area contributed by atoms with Crippen LogP contribution in [0.25, 0.3) is 0 Å². The first-order valence-electron chi connectivity index (χ1n) is 6.85. The molecule has 0 aromatic heterocycles. The van der Waals surface area contributed by atoms with E-state index in [1.54, 1.807) is 0 Å². The molecule has 0 unspecified atom stereocenters. The van der Waals surface area contributed by atoms with Crippen molar-refractivity contribution >= 4 is 21.7 Å². The second kappa shape index (κ2) is 6.79. The van der Waals surface area contributed by atoms with Gasteiger partial charge in [0.15, 0.2) is 11.5 Å². The number of carboxylic acid groups (broad SMARTS) is 1. The zero-order valence-electron chi connectivity index (χ0n) is 13.4. The molecule has 0 atom stereocenters. The average molecular weight is 351 g/mol. The van der Waals surface area contributed by atoms with Crippen molar-refractivity contribution < 1.29 is 27.8 Å². The molecule has 0 fully saturated rings. The maximum absolute atomic E-state index is 12.7. The maximum atomic E-state index is 12.7. The minimum absolute atomic E-state index is 0.0324. The fraction of sp³-hybridized carbons (Fsp3) is 0.188. The molecule has 24 heavy (non-hydrogen) atoms. The normalized spacial score (nSPS) is 11.0. The highest BCUT2D eigenvalue weighted by atomic mass is 32.2. The number of anilines is 1. The number of carbonyl (C=O) groups is 1. The van der Waals surface area contributed by atoms with Gasteiger partial charge in [0.05, 0.1) is 30.4 Å². The molecule has 0 aliphatic rings. The molecule has 8 heteroatoms. The molecule has 1 N–H and O–H groups in total. The van der Waals surface area contributed by atoms with Gasteiger partial charge >= 0.3 is 5.97 Å². The van der Waals surface area contributed by atoms with E-state index in [1.807, 2.05) is 0 Å². The minimum Gasteiger partial charge on any atom is -0.493 e. The van der Waals surface area contributed by atoms with Gasteiger partial charge in [0.1, 0.15) is 0 Å². The number of carboxylic acids is 1. The van der Waals surface area contributed by atoms with Crippen LogP contribution in [0.5, 0.6) is 11.5 Å². The topological polar surface area (TPSA) is 93.1 Å². The molecular weight excluding hydrogens is 334 g/mol. The Morgan fingerprint density at radius 3 is 2.08 bits per heavy atom. The van der Waals surface area contributed by atoms with Crippen LogP contribution in [0.2, 0.25) is 0 Å². The van der Waals surface area contributed by atoms with Gasteiger partial charge in [-0.05, 0) is 36.4 Å². The van der Waals surface area contributed by atoms with Gasteiger partial charge in [0, 0.05) is 13.1 Å². The lowest BCUT2D eigenvalue weighted by Crippen LogP contribution is -2.26. The Morgan fingerprint density at radius 1 is 1.00 bits per heavy atom. The Labute approximate surface area is 140 Å². The highest BCUT2D eigenvalue weighted by Crippen LogP contribution is 2.31. The summed E-state index contributed by atoms with van der Waals surface area (Å²) in [6.45, 7) is 0. The predicted molar refractivity (Wildman–Crippen MR) is 88.5 cm³/mol.